The van der Waals surface area contributed by atoms with Crippen molar-refractivity contribution in [3.63, 3.8) is 0 Å². The lowest BCUT2D eigenvalue weighted by atomic mass is 9.84. The van der Waals surface area contributed by atoms with Gasteiger partial charge in [0.05, 0.1) is 6.61 Å². The molecule has 0 bridgehead atoms. The predicted octanol–water partition coefficient (Wildman–Crippen LogP) is 3.05. The number of aliphatic carboxylic acids is 1. The molecule has 1 N–H and O–H groups in total. The zero-order valence-electron chi connectivity index (χ0n) is 9.15. The summed E-state index contributed by atoms with van der Waals surface area (Å²) < 4.78 is 5.69. The van der Waals surface area contributed by atoms with Crippen molar-refractivity contribution in [2.24, 2.45) is 0 Å². The van der Waals surface area contributed by atoms with Crippen LogP contribution in [0.25, 0.3) is 0 Å². The van der Waals surface area contributed by atoms with Gasteiger partial charge in [0.2, 0.25) is 0 Å². The summed E-state index contributed by atoms with van der Waals surface area (Å²) in [6.45, 7) is 0.421. The Labute approximate surface area is 99.1 Å². The van der Waals surface area contributed by atoms with Crippen LogP contribution in [0.15, 0.2) is 17.5 Å². The van der Waals surface area contributed by atoms with E-state index < -0.39 is 11.6 Å². The summed E-state index contributed by atoms with van der Waals surface area (Å²) in [4.78, 5) is 12.4. The first-order chi connectivity index (χ1) is 7.73. The summed E-state index contributed by atoms with van der Waals surface area (Å²) in [6, 6.07) is 3.93. The van der Waals surface area contributed by atoms with Crippen LogP contribution in [0, 0.1) is 0 Å². The van der Waals surface area contributed by atoms with Crippen molar-refractivity contribution >= 4 is 17.3 Å². The molecule has 0 radical (unpaired) electrons. The van der Waals surface area contributed by atoms with Crippen LogP contribution in [-0.2, 0) is 16.1 Å². The quantitative estimate of drug-likeness (QED) is 0.879. The minimum Gasteiger partial charge on any atom is -0.479 e. The van der Waals surface area contributed by atoms with E-state index in [-0.39, 0.29) is 0 Å². The minimum atomic E-state index is -0.928. The average Bonchev–Trinajstić information content (AvgIpc) is 2.80. The topological polar surface area (TPSA) is 46.5 Å². The third-order valence-corrected chi connectivity index (χ3v) is 3.97. The summed E-state index contributed by atoms with van der Waals surface area (Å²) >= 11 is 1.60. The van der Waals surface area contributed by atoms with E-state index in [2.05, 4.69) is 0 Å². The van der Waals surface area contributed by atoms with E-state index in [1.54, 1.807) is 11.3 Å². The zero-order valence-corrected chi connectivity index (χ0v) is 9.96. The standard InChI is InChI=1S/C12H16O3S/c13-11(14)12(6-2-1-3-7-12)15-9-10-5-4-8-16-10/h4-5,8H,1-3,6-7,9H2,(H,13,14). The number of thiophene rings is 1. The van der Waals surface area contributed by atoms with Crippen LogP contribution >= 0.6 is 11.3 Å². The largest absolute Gasteiger partial charge is 0.479 e. The van der Waals surface area contributed by atoms with Crippen molar-refractivity contribution < 1.29 is 14.6 Å². The van der Waals surface area contributed by atoms with Crippen molar-refractivity contribution in [2.75, 3.05) is 0 Å². The van der Waals surface area contributed by atoms with Gasteiger partial charge in [-0.25, -0.2) is 4.79 Å². The maximum atomic E-state index is 11.3. The van der Waals surface area contributed by atoms with Crippen LogP contribution in [0.2, 0.25) is 0 Å². The van der Waals surface area contributed by atoms with E-state index in [1.165, 1.54) is 0 Å². The molecule has 1 aromatic heterocycles. The Kier molecular flexibility index (Phi) is 3.61. The molecule has 0 unspecified atom stereocenters. The molecule has 0 amide bonds. The molecule has 1 aliphatic rings. The second-order valence-corrected chi connectivity index (χ2v) is 5.26. The van der Waals surface area contributed by atoms with E-state index in [4.69, 9.17) is 4.74 Å². The van der Waals surface area contributed by atoms with Crippen LogP contribution in [-0.4, -0.2) is 16.7 Å². The molecule has 1 heterocycles. The molecular formula is C12H16O3S. The number of carboxylic acid groups (broad SMARTS) is 1. The Morgan fingerprint density at radius 3 is 2.75 bits per heavy atom. The fraction of sp³-hybridized carbons (Fsp3) is 0.583. The van der Waals surface area contributed by atoms with Gasteiger partial charge in [0.15, 0.2) is 5.60 Å². The van der Waals surface area contributed by atoms with Gasteiger partial charge in [0.25, 0.3) is 0 Å². The SMILES string of the molecule is O=C(O)C1(OCc2cccs2)CCCCC1. The van der Waals surface area contributed by atoms with Crippen LogP contribution in [0.3, 0.4) is 0 Å². The van der Waals surface area contributed by atoms with Crippen molar-refractivity contribution in [3.8, 4) is 0 Å². The molecule has 1 aromatic rings. The van der Waals surface area contributed by atoms with Gasteiger partial charge in [0.1, 0.15) is 0 Å². The normalized spacial score (nSPS) is 19.5. The van der Waals surface area contributed by atoms with Crippen LogP contribution in [0.1, 0.15) is 37.0 Å². The lowest BCUT2D eigenvalue weighted by molar-refractivity contribution is -0.172. The first-order valence-corrected chi connectivity index (χ1v) is 6.51. The van der Waals surface area contributed by atoms with Gasteiger partial charge in [-0.15, -0.1) is 11.3 Å². The summed E-state index contributed by atoms with van der Waals surface area (Å²) in [6.07, 6.45) is 4.33. The van der Waals surface area contributed by atoms with E-state index in [0.717, 1.165) is 24.1 Å². The minimum absolute atomic E-state index is 0.421. The van der Waals surface area contributed by atoms with Gasteiger partial charge >= 0.3 is 5.97 Å². The molecule has 1 aliphatic carbocycles. The number of carbonyl (C=O) groups is 1. The Balaban J connectivity index is 2.00. The van der Waals surface area contributed by atoms with Crippen LogP contribution in [0.4, 0.5) is 0 Å². The molecule has 0 aromatic carbocycles. The fourth-order valence-corrected chi connectivity index (χ4v) is 2.76. The van der Waals surface area contributed by atoms with Gasteiger partial charge in [-0.05, 0) is 37.1 Å². The first kappa shape index (κ1) is 11.6. The van der Waals surface area contributed by atoms with E-state index in [9.17, 15) is 9.90 Å². The van der Waals surface area contributed by atoms with Crippen molar-refractivity contribution in [1.29, 1.82) is 0 Å². The highest BCUT2D eigenvalue weighted by atomic mass is 32.1. The number of ether oxygens (including phenoxy) is 1. The monoisotopic (exact) mass is 240 g/mol. The predicted molar refractivity (Wildman–Crippen MR) is 62.6 cm³/mol. The smallest absolute Gasteiger partial charge is 0.335 e. The van der Waals surface area contributed by atoms with E-state index >= 15 is 0 Å². The molecule has 0 spiro atoms. The van der Waals surface area contributed by atoms with Crippen molar-refractivity contribution in [3.05, 3.63) is 22.4 Å². The highest BCUT2D eigenvalue weighted by Gasteiger charge is 2.40. The molecule has 0 saturated heterocycles. The van der Waals surface area contributed by atoms with Gasteiger partial charge in [-0.1, -0.05) is 12.5 Å². The number of hydrogen-bond donors (Lipinski definition) is 1. The third kappa shape index (κ3) is 2.44. The average molecular weight is 240 g/mol. The van der Waals surface area contributed by atoms with Gasteiger partial charge in [-0.2, -0.15) is 0 Å². The first-order valence-electron chi connectivity index (χ1n) is 5.63. The van der Waals surface area contributed by atoms with Crippen LogP contribution < -0.4 is 0 Å². The Hall–Kier alpha value is -0.870. The molecule has 0 atom stereocenters. The number of hydrogen-bond acceptors (Lipinski definition) is 3. The van der Waals surface area contributed by atoms with Crippen molar-refractivity contribution in [1.82, 2.24) is 0 Å². The fourth-order valence-electron chi connectivity index (χ4n) is 2.15. The lowest BCUT2D eigenvalue weighted by Gasteiger charge is -2.32. The summed E-state index contributed by atoms with van der Waals surface area (Å²) in [7, 11) is 0. The summed E-state index contributed by atoms with van der Waals surface area (Å²) in [5, 5.41) is 11.3. The zero-order chi connectivity index (χ0) is 11.4. The maximum Gasteiger partial charge on any atom is 0.335 e. The molecule has 2 rings (SSSR count). The number of rotatable bonds is 4. The summed E-state index contributed by atoms with van der Waals surface area (Å²) in [5.41, 5.74) is -0.928. The Morgan fingerprint density at radius 2 is 2.19 bits per heavy atom. The lowest BCUT2D eigenvalue weighted by Crippen LogP contribution is -2.43. The highest BCUT2D eigenvalue weighted by Crippen LogP contribution is 2.33. The van der Waals surface area contributed by atoms with Gasteiger partial charge < -0.3 is 9.84 Å². The molecule has 1 fully saturated rings. The Morgan fingerprint density at radius 1 is 1.44 bits per heavy atom. The second kappa shape index (κ2) is 4.97. The molecule has 1 saturated carbocycles. The molecular weight excluding hydrogens is 224 g/mol. The highest BCUT2D eigenvalue weighted by molar-refractivity contribution is 7.09. The number of carboxylic acids is 1. The van der Waals surface area contributed by atoms with Gasteiger partial charge in [0, 0.05) is 4.88 Å². The maximum absolute atomic E-state index is 11.3. The molecule has 3 nitrogen and oxygen atoms in total. The van der Waals surface area contributed by atoms with E-state index in [1.807, 2.05) is 17.5 Å². The molecule has 88 valence electrons. The third-order valence-electron chi connectivity index (χ3n) is 3.12. The second-order valence-electron chi connectivity index (χ2n) is 4.23. The van der Waals surface area contributed by atoms with Crippen LogP contribution in [0.5, 0.6) is 0 Å². The summed E-state index contributed by atoms with van der Waals surface area (Å²) in [5.74, 6) is -0.802. The molecule has 0 aliphatic heterocycles. The molecule has 4 heteroatoms. The van der Waals surface area contributed by atoms with Gasteiger partial charge in [-0.3, -0.25) is 0 Å². The Bertz CT molecular complexity index is 339. The molecule has 16 heavy (non-hydrogen) atoms. The van der Waals surface area contributed by atoms with Crippen molar-refractivity contribution in [2.45, 2.75) is 44.3 Å². The van der Waals surface area contributed by atoms with E-state index in [0.29, 0.717) is 19.4 Å².